The van der Waals surface area contributed by atoms with Crippen LogP contribution in [0.2, 0.25) is 0 Å². The lowest BCUT2D eigenvalue weighted by Gasteiger charge is -2.20. The van der Waals surface area contributed by atoms with E-state index in [-0.39, 0.29) is 11.9 Å². The summed E-state index contributed by atoms with van der Waals surface area (Å²) in [6.45, 7) is 4.92. The van der Waals surface area contributed by atoms with Crippen LogP contribution in [0, 0.1) is 0 Å². The third-order valence-corrected chi connectivity index (χ3v) is 2.73. The minimum atomic E-state index is -0.479. The molecule has 1 saturated heterocycles. The van der Waals surface area contributed by atoms with Gasteiger partial charge in [-0.2, -0.15) is 0 Å². The highest BCUT2D eigenvalue weighted by Gasteiger charge is 2.16. The molecular weight excluding hydrogens is 230 g/mol. The maximum Gasteiger partial charge on any atom is 0.321 e. The average Bonchev–Trinajstić information content (AvgIpc) is 2.69. The van der Waals surface area contributed by atoms with Crippen molar-refractivity contribution in [3.63, 3.8) is 0 Å². The van der Waals surface area contributed by atoms with Crippen LogP contribution >= 0.6 is 11.6 Å². The monoisotopic (exact) mass is 247 g/mol. The van der Waals surface area contributed by atoms with Crippen LogP contribution in [0.5, 0.6) is 0 Å². The number of hydrogen-bond donors (Lipinski definition) is 2. The van der Waals surface area contributed by atoms with Crippen LogP contribution in [0.15, 0.2) is 0 Å². The SMILES string of the molecule is CC(CN1CCCC1)NC(=O)NC(=O)CCl. The third-order valence-electron chi connectivity index (χ3n) is 2.48. The normalized spacial score (nSPS) is 18.1. The van der Waals surface area contributed by atoms with Crippen molar-refractivity contribution in [3.05, 3.63) is 0 Å². The second kappa shape index (κ2) is 6.70. The summed E-state index contributed by atoms with van der Waals surface area (Å²) in [5.74, 6) is -0.680. The van der Waals surface area contributed by atoms with Crippen molar-refractivity contribution in [2.45, 2.75) is 25.8 Å². The molecule has 92 valence electrons. The largest absolute Gasteiger partial charge is 0.334 e. The molecule has 0 radical (unpaired) electrons. The van der Waals surface area contributed by atoms with Crippen LogP contribution in [0.1, 0.15) is 19.8 Å². The zero-order valence-corrected chi connectivity index (χ0v) is 10.2. The van der Waals surface area contributed by atoms with Crippen molar-refractivity contribution in [2.75, 3.05) is 25.5 Å². The van der Waals surface area contributed by atoms with Gasteiger partial charge in [-0.25, -0.2) is 4.79 Å². The number of amides is 3. The van der Waals surface area contributed by atoms with E-state index in [1.165, 1.54) is 12.8 Å². The van der Waals surface area contributed by atoms with E-state index in [0.29, 0.717) is 0 Å². The summed E-state index contributed by atoms with van der Waals surface area (Å²) in [7, 11) is 0. The lowest BCUT2D eigenvalue weighted by atomic mass is 10.3. The predicted octanol–water partition coefficient (Wildman–Crippen LogP) is 0.535. The number of carbonyl (C=O) groups is 2. The highest BCUT2D eigenvalue weighted by molar-refractivity contribution is 6.28. The third kappa shape index (κ3) is 4.81. The second-order valence-corrected chi connectivity index (χ2v) is 4.33. The number of likely N-dealkylation sites (tertiary alicyclic amines) is 1. The molecule has 0 aliphatic carbocycles. The van der Waals surface area contributed by atoms with E-state index >= 15 is 0 Å². The Hall–Kier alpha value is -0.810. The van der Waals surface area contributed by atoms with Gasteiger partial charge in [0.15, 0.2) is 0 Å². The Balaban J connectivity index is 2.19. The number of imide groups is 1. The summed E-state index contributed by atoms with van der Waals surface area (Å²) >= 11 is 5.27. The molecule has 5 nitrogen and oxygen atoms in total. The highest BCUT2D eigenvalue weighted by Crippen LogP contribution is 2.07. The quantitative estimate of drug-likeness (QED) is 0.713. The topological polar surface area (TPSA) is 61.4 Å². The molecule has 1 rings (SSSR count). The van der Waals surface area contributed by atoms with Crippen molar-refractivity contribution >= 4 is 23.5 Å². The van der Waals surface area contributed by atoms with Crippen LogP contribution in [-0.4, -0.2) is 48.4 Å². The molecule has 1 unspecified atom stereocenters. The Morgan fingerprint density at radius 3 is 2.56 bits per heavy atom. The molecule has 1 atom stereocenters. The molecule has 0 saturated carbocycles. The Kier molecular flexibility index (Phi) is 5.55. The molecule has 0 spiro atoms. The number of alkyl halides is 1. The summed E-state index contributed by atoms with van der Waals surface area (Å²) in [6.07, 6.45) is 2.45. The van der Waals surface area contributed by atoms with Crippen molar-refractivity contribution in [2.24, 2.45) is 0 Å². The van der Waals surface area contributed by atoms with Crippen LogP contribution in [0.25, 0.3) is 0 Å². The smallest absolute Gasteiger partial charge is 0.321 e. The number of rotatable bonds is 4. The lowest BCUT2D eigenvalue weighted by Crippen LogP contribution is -2.47. The van der Waals surface area contributed by atoms with Gasteiger partial charge in [-0.05, 0) is 32.9 Å². The van der Waals surface area contributed by atoms with Gasteiger partial charge in [-0.1, -0.05) is 0 Å². The highest BCUT2D eigenvalue weighted by atomic mass is 35.5. The summed E-state index contributed by atoms with van der Waals surface area (Å²) in [4.78, 5) is 24.4. The number of nitrogens with zero attached hydrogens (tertiary/aromatic N) is 1. The van der Waals surface area contributed by atoms with E-state index in [2.05, 4.69) is 15.5 Å². The second-order valence-electron chi connectivity index (χ2n) is 4.06. The maximum absolute atomic E-state index is 11.3. The first kappa shape index (κ1) is 13.3. The van der Waals surface area contributed by atoms with E-state index in [9.17, 15) is 9.59 Å². The van der Waals surface area contributed by atoms with Gasteiger partial charge >= 0.3 is 6.03 Å². The van der Waals surface area contributed by atoms with Crippen molar-refractivity contribution < 1.29 is 9.59 Å². The number of carbonyl (C=O) groups excluding carboxylic acids is 2. The number of urea groups is 1. The number of halogens is 1. The van der Waals surface area contributed by atoms with E-state index in [4.69, 9.17) is 11.6 Å². The zero-order chi connectivity index (χ0) is 12.0. The van der Waals surface area contributed by atoms with Crippen LogP contribution < -0.4 is 10.6 Å². The van der Waals surface area contributed by atoms with Crippen molar-refractivity contribution in [3.8, 4) is 0 Å². The molecule has 0 bridgehead atoms. The van der Waals surface area contributed by atoms with Gasteiger partial charge in [-0.3, -0.25) is 10.1 Å². The van der Waals surface area contributed by atoms with Crippen LogP contribution in [0.4, 0.5) is 4.79 Å². The minimum absolute atomic E-state index is 0.0289. The van der Waals surface area contributed by atoms with Crippen LogP contribution in [-0.2, 0) is 4.79 Å². The molecule has 1 aliphatic heterocycles. The fourth-order valence-electron chi connectivity index (χ4n) is 1.82. The minimum Gasteiger partial charge on any atom is -0.334 e. The predicted molar refractivity (Wildman–Crippen MR) is 62.5 cm³/mol. The molecule has 1 fully saturated rings. The van der Waals surface area contributed by atoms with E-state index < -0.39 is 11.9 Å². The first-order valence-corrected chi connectivity index (χ1v) is 6.04. The standard InChI is InChI=1S/C10H18ClN3O2/c1-8(7-14-4-2-3-5-14)12-10(16)13-9(15)6-11/h8H,2-7H2,1H3,(H2,12,13,15,16). The summed E-state index contributed by atoms with van der Waals surface area (Å²) in [6, 6.07) is -0.446. The molecule has 6 heteroatoms. The average molecular weight is 248 g/mol. The summed E-state index contributed by atoms with van der Waals surface area (Å²) < 4.78 is 0. The number of nitrogens with one attached hydrogen (secondary N) is 2. The zero-order valence-electron chi connectivity index (χ0n) is 9.46. The molecule has 16 heavy (non-hydrogen) atoms. The molecule has 1 aliphatic rings. The first-order valence-electron chi connectivity index (χ1n) is 5.50. The molecule has 2 N–H and O–H groups in total. The Bertz CT molecular complexity index is 254. The fourth-order valence-corrected chi connectivity index (χ4v) is 1.88. The summed E-state index contributed by atoms with van der Waals surface area (Å²) in [5, 5.41) is 4.85. The van der Waals surface area contributed by atoms with Gasteiger partial charge in [0.05, 0.1) is 0 Å². The maximum atomic E-state index is 11.3. The number of hydrogen-bond acceptors (Lipinski definition) is 3. The molecule has 1 heterocycles. The van der Waals surface area contributed by atoms with Gasteiger partial charge in [0.25, 0.3) is 0 Å². The molecule has 0 aromatic heterocycles. The van der Waals surface area contributed by atoms with Gasteiger partial charge in [0.2, 0.25) is 5.91 Å². The fraction of sp³-hybridized carbons (Fsp3) is 0.800. The van der Waals surface area contributed by atoms with E-state index in [1.807, 2.05) is 6.92 Å². The molecular formula is C10H18ClN3O2. The van der Waals surface area contributed by atoms with Gasteiger partial charge in [-0.15, -0.1) is 11.6 Å². The van der Waals surface area contributed by atoms with Gasteiger partial charge in [0, 0.05) is 12.6 Å². The summed E-state index contributed by atoms with van der Waals surface area (Å²) in [5.41, 5.74) is 0. The van der Waals surface area contributed by atoms with Crippen molar-refractivity contribution in [1.82, 2.24) is 15.5 Å². The van der Waals surface area contributed by atoms with E-state index in [0.717, 1.165) is 19.6 Å². The van der Waals surface area contributed by atoms with Gasteiger partial charge < -0.3 is 10.2 Å². The molecule has 3 amide bonds. The Morgan fingerprint density at radius 2 is 2.00 bits per heavy atom. The first-order chi connectivity index (χ1) is 7.61. The lowest BCUT2D eigenvalue weighted by molar-refractivity contribution is -0.117. The van der Waals surface area contributed by atoms with Gasteiger partial charge in [0.1, 0.15) is 5.88 Å². The Labute approximate surface area is 101 Å². The Morgan fingerprint density at radius 1 is 1.38 bits per heavy atom. The van der Waals surface area contributed by atoms with Crippen molar-refractivity contribution in [1.29, 1.82) is 0 Å². The molecule has 0 aromatic carbocycles. The molecule has 0 aromatic rings. The van der Waals surface area contributed by atoms with Crippen LogP contribution in [0.3, 0.4) is 0 Å². The van der Waals surface area contributed by atoms with E-state index in [1.54, 1.807) is 0 Å².